The largest absolute Gasteiger partial charge is 0.611 e. The van der Waals surface area contributed by atoms with Crippen molar-refractivity contribution in [2.75, 3.05) is 0 Å². The van der Waals surface area contributed by atoms with Gasteiger partial charge in [-0.2, -0.15) is 0 Å². The highest BCUT2D eigenvalue weighted by atomic mass is 35.5. The van der Waals surface area contributed by atoms with Crippen LogP contribution in [0.1, 0.15) is 51.0 Å². The molecule has 0 spiro atoms. The van der Waals surface area contributed by atoms with E-state index in [0.29, 0.717) is 17.0 Å². The summed E-state index contributed by atoms with van der Waals surface area (Å²) in [7, 11) is 0. The number of aromatic nitrogens is 1. The first-order chi connectivity index (χ1) is 11.1. The van der Waals surface area contributed by atoms with Gasteiger partial charge in [-0.1, -0.05) is 31.4 Å². The van der Waals surface area contributed by atoms with Crippen molar-refractivity contribution in [3.05, 3.63) is 39.1 Å². The van der Waals surface area contributed by atoms with Crippen LogP contribution < -0.4 is 5.56 Å². The summed E-state index contributed by atoms with van der Waals surface area (Å²) in [5.74, 6) is 0. The Kier molecular flexibility index (Phi) is 5.34. The molecule has 1 unspecified atom stereocenters. The Hall–Kier alpha value is -0.970. The van der Waals surface area contributed by atoms with E-state index in [4.69, 9.17) is 11.6 Å². The summed E-state index contributed by atoms with van der Waals surface area (Å²) in [4.78, 5) is 16.1. The van der Waals surface area contributed by atoms with Gasteiger partial charge in [0.1, 0.15) is 5.25 Å². The fraction of sp³-hybridized carbons (Fsp3) is 0.500. The van der Waals surface area contributed by atoms with Gasteiger partial charge < -0.3 is 9.54 Å². The molecule has 0 amide bonds. The molecule has 1 fully saturated rings. The zero-order chi connectivity index (χ0) is 16.4. The molecule has 23 heavy (non-hydrogen) atoms. The number of pyridine rings is 1. The number of hydrogen-bond donors (Lipinski definition) is 1. The summed E-state index contributed by atoms with van der Waals surface area (Å²) in [6.45, 7) is 2.04. The van der Waals surface area contributed by atoms with Gasteiger partial charge in [-0.05, 0) is 61.5 Å². The van der Waals surface area contributed by atoms with Crippen molar-refractivity contribution in [3.8, 4) is 0 Å². The average molecular weight is 352 g/mol. The van der Waals surface area contributed by atoms with Crippen LogP contribution in [0.4, 0.5) is 0 Å². The van der Waals surface area contributed by atoms with E-state index in [2.05, 4.69) is 4.98 Å². The van der Waals surface area contributed by atoms with Gasteiger partial charge in [-0.15, -0.1) is 0 Å². The van der Waals surface area contributed by atoms with Crippen LogP contribution >= 0.6 is 11.6 Å². The number of nitrogens with one attached hydrogen (secondary N) is 1. The zero-order valence-electron chi connectivity index (χ0n) is 13.4. The molecule has 1 aromatic carbocycles. The van der Waals surface area contributed by atoms with E-state index in [1.54, 1.807) is 12.1 Å². The molecule has 0 bridgehead atoms. The Morgan fingerprint density at radius 3 is 2.74 bits per heavy atom. The van der Waals surface area contributed by atoms with E-state index < -0.39 is 11.2 Å². The van der Waals surface area contributed by atoms with Crippen LogP contribution in [0, 0.1) is 0 Å². The first kappa shape index (κ1) is 16.9. The minimum Gasteiger partial charge on any atom is -0.611 e. The van der Waals surface area contributed by atoms with Crippen molar-refractivity contribution < 1.29 is 4.55 Å². The molecule has 2 aromatic rings. The van der Waals surface area contributed by atoms with Gasteiger partial charge in [0.2, 0.25) is 0 Å². The summed E-state index contributed by atoms with van der Waals surface area (Å²) >= 11 is 5.00. The summed E-state index contributed by atoms with van der Waals surface area (Å²) in [6.07, 6.45) is 6.93. The van der Waals surface area contributed by atoms with E-state index in [0.717, 1.165) is 47.9 Å². The normalized spacial score (nSPS) is 17.5. The number of benzene rings is 1. The second kappa shape index (κ2) is 7.29. The van der Waals surface area contributed by atoms with Crippen molar-refractivity contribution in [2.45, 2.75) is 62.0 Å². The molecule has 3 nitrogen and oxygen atoms in total. The van der Waals surface area contributed by atoms with Crippen molar-refractivity contribution in [2.24, 2.45) is 0 Å². The van der Waals surface area contributed by atoms with Crippen molar-refractivity contribution in [1.82, 2.24) is 4.98 Å². The van der Waals surface area contributed by atoms with Gasteiger partial charge in [0.15, 0.2) is 4.90 Å². The van der Waals surface area contributed by atoms with E-state index in [1.807, 2.05) is 13.0 Å². The molecule has 1 heterocycles. The Labute approximate surface area is 144 Å². The number of aromatic amines is 1. The maximum Gasteiger partial charge on any atom is 0.256 e. The molecule has 1 N–H and O–H groups in total. The van der Waals surface area contributed by atoms with E-state index in [1.165, 1.54) is 6.42 Å². The summed E-state index contributed by atoms with van der Waals surface area (Å²) in [5, 5.41) is 1.60. The van der Waals surface area contributed by atoms with Gasteiger partial charge in [0, 0.05) is 5.02 Å². The monoisotopic (exact) mass is 351 g/mol. The van der Waals surface area contributed by atoms with Crippen LogP contribution in [-0.4, -0.2) is 14.8 Å². The van der Waals surface area contributed by atoms with Gasteiger partial charge in [0.05, 0.1) is 16.5 Å². The smallest absolute Gasteiger partial charge is 0.256 e. The predicted octanol–water partition coefficient (Wildman–Crippen LogP) is 4.57. The quantitative estimate of drug-likeness (QED) is 0.820. The first-order valence-corrected chi connectivity index (χ1v) is 9.96. The highest BCUT2D eigenvalue weighted by Crippen LogP contribution is 2.34. The standard InChI is InChI=1S/C18H22ClNO2S/c1-2-6-14-17(23(22)13-7-4-3-5-8-13)15-11-12(19)9-10-16(15)20-18(14)21/h9-11,13H,2-8H2,1H3,(H,20,21). The van der Waals surface area contributed by atoms with Gasteiger partial charge in [0.25, 0.3) is 5.56 Å². The Balaban J connectivity index is 2.19. The summed E-state index contributed by atoms with van der Waals surface area (Å²) in [5.41, 5.74) is 1.28. The molecule has 0 saturated heterocycles. The van der Waals surface area contributed by atoms with Crippen LogP contribution in [0.3, 0.4) is 0 Å². The van der Waals surface area contributed by atoms with Crippen molar-refractivity contribution >= 4 is 33.7 Å². The summed E-state index contributed by atoms with van der Waals surface area (Å²) < 4.78 is 13.3. The Morgan fingerprint density at radius 1 is 1.30 bits per heavy atom. The van der Waals surface area contributed by atoms with Gasteiger partial charge >= 0.3 is 0 Å². The molecule has 124 valence electrons. The Bertz CT molecular complexity index is 753. The van der Waals surface area contributed by atoms with Crippen LogP contribution in [-0.2, 0) is 17.6 Å². The predicted molar refractivity (Wildman–Crippen MR) is 96.9 cm³/mol. The molecule has 1 aliphatic rings. The minimum absolute atomic E-state index is 0.110. The molecule has 5 heteroatoms. The molecular formula is C18H22ClNO2S. The molecule has 1 aromatic heterocycles. The number of fused-ring (bicyclic) bond motifs is 1. The number of halogens is 1. The van der Waals surface area contributed by atoms with Crippen molar-refractivity contribution in [1.29, 1.82) is 0 Å². The number of hydrogen-bond acceptors (Lipinski definition) is 2. The number of rotatable bonds is 4. The SMILES string of the molecule is CCCc1c([S+]([O-])C2CCCCC2)c2cc(Cl)ccc2[nH]c1=O. The lowest BCUT2D eigenvalue weighted by atomic mass is 10.0. The van der Waals surface area contributed by atoms with E-state index in [-0.39, 0.29) is 10.8 Å². The molecule has 1 saturated carbocycles. The summed E-state index contributed by atoms with van der Waals surface area (Å²) in [6, 6.07) is 5.39. The zero-order valence-corrected chi connectivity index (χ0v) is 14.9. The van der Waals surface area contributed by atoms with Gasteiger partial charge in [-0.25, -0.2) is 0 Å². The molecular weight excluding hydrogens is 330 g/mol. The Morgan fingerprint density at radius 2 is 2.04 bits per heavy atom. The van der Waals surface area contributed by atoms with Crippen LogP contribution in [0.25, 0.3) is 10.9 Å². The highest BCUT2D eigenvalue weighted by molar-refractivity contribution is 7.92. The topological polar surface area (TPSA) is 55.9 Å². The lowest BCUT2D eigenvalue weighted by molar-refractivity contribution is 0.483. The van der Waals surface area contributed by atoms with Gasteiger partial charge in [-0.3, -0.25) is 4.79 Å². The average Bonchev–Trinajstić information content (AvgIpc) is 2.56. The van der Waals surface area contributed by atoms with Crippen LogP contribution in [0.2, 0.25) is 5.02 Å². The molecule has 3 rings (SSSR count). The molecule has 1 atom stereocenters. The third-order valence-corrected chi connectivity index (χ3v) is 6.76. The second-order valence-corrected chi connectivity index (χ2v) is 8.37. The van der Waals surface area contributed by atoms with Crippen LogP contribution in [0.15, 0.2) is 27.9 Å². The van der Waals surface area contributed by atoms with Crippen LogP contribution in [0.5, 0.6) is 0 Å². The highest BCUT2D eigenvalue weighted by Gasteiger charge is 2.31. The maximum atomic E-state index is 13.3. The molecule has 0 aliphatic heterocycles. The first-order valence-electron chi connectivity index (χ1n) is 8.36. The second-order valence-electron chi connectivity index (χ2n) is 6.26. The molecule has 0 radical (unpaired) electrons. The lowest BCUT2D eigenvalue weighted by Gasteiger charge is -2.26. The van der Waals surface area contributed by atoms with E-state index in [9.17, 15) is 9.35 Å². The lowest BCUT2D eigenvalue weighted by Crippen LogP contribution is -2.28. The fourth-order valence-corrected chi connectivity index (χ4v) is 5.52. The third kappa shape index (κ3) is 3.44. The maximum absolute atomic E-state index is 13.3. The fourth-order valence-electron chi connectivity index (χ4n) is 3.43. The van der Waals surface area contributed by atoms with E-state index >= 15 is 0 Å². The molecule has 1 aliphatic carbocycles. The minimum atomic E-state index is -1.15. The number of H-pyrrole nitrogens is 1. The third-order valence-electron chi connectivity index (χ3n) is 4.58. The van der Waals surface area contributed by atoms with Crippen molar-refractivity contribution in [3.63, 3.8) is 0 Å².